The SMILES string of the molecule is Cc1ccc(C=CS(=O)(=O)N2CCC(Oc3ncccn3)C2)cc1. The molecule has 1 unspecified atom stereocenters. The Kier molecular flexibility index (Phi) is 4.92. The summed E-state index contributed by atoms with van der Waals surface area (Å²) >= 11 is 0. The smallest absolute Gasteiger partial charge is 0.316 e. The first-order valence-corrected chi connectivity index (χ1v) is 9.22. The average Bonchev–Trinajstić information content (AvgIpc) is 3.05. The Morgan fingerprint density at radius 3 is 2.62 bits per heavy atom. The molecule has 0 spiro atoms. The van der Waals surface area contributed by atoms with Gasteiger partial charge >= 0.3 is 6.01 Å². The molecular weight excluding hydrogens is 326 g/mol. The van der Waals surface area contributed by atoms with Gasteiger partial charge in [0.05, 0.1) is 6.54 Å². The number of benzene rings is 1. The largest absolute Gasteiger partial charge is 0.459 e. The third-order valence-electron chi connectivity index (χ3n) is 3.79. The minimum absolute atomic E-state index is 0.227. The second-order valence-corrected chi connectivity index (χ2v) is 7.49. The number of sulfonamides is 1. The van der Waals surface area contributed by atoms with Gasteiger partial charge in [-0.2, -0.15) is 4.31 Å². The summed E-state index contributed by atoms with van der Waals surface area (Å²) in [7, 11) is -3.46. The maximum atomic E-state index is 12.4. The van der Waals surface area contributed by atoms with Gasteiger partial charge < -0.3 is 4.74 Å². The Bertz CT molecular complexity index is 805. The van der Waals surface area contributed by atoms with E-state index in [1.54, 1.807) is 24.5 Å². The maximum absolute atomic E-state index is 12.4. The number of rotatable bonds is 5. The lowest BCUT2D eigenvalue weighted by molar-refractivity contribution is 0.198. The summed E-state index contributed by atoms with van der Waals surface area (Å²) in [6, 6.07) is 9.66. The van der Waals surface area contributed by atoms with Gasteiger partial charge in [0.2, 0.25) is 10.0 Å². The second-order valence-electron chi connectivity index (χ2n) is 5.68. The van der Waals surface area contributed by atoms with Gasteiger partial charge in [-0.05, 0) is 31.1 Å². The van der Waals surface area contributed by atoms with Crippen molar-refractivity contribution in [1.82, 2.24) is 14.3 Å². The predicted molar refractivity (Wildman–Crippen MR) is 91.8 cm³/mol. The van der Waals surface area contributed by atoms with Crippen LogP contribution in [-0.4, -0.2) is 41.9 Å². The minimum atomic E-state index is -3.46. The summed E-state index contributed by atoms with van der Waals surface area (Å²) < 4.78 is 31.9. The molecule has 1 aromatic heterocycles. The van der Waals surface area contributed by atoms with Crippen molar-refractivity contribution in [2.75, 3.05) is 13.1 Å². The first-order valence-electron chi connectivity index (χ1n) is 7.71. The van der Waals surface area contributed by atoms with E-state index in [9.17, 15) is 8.42 Å². The molecule has 0 amide bonds. The van der Waals surface area contributed by atoms with E-state index in [1.807, 2.05) is 31.2 Å². The van der Waals surface area contributed by atoms with Gasteiger partial charge in [-0.3, -0.25) is 0 Å². The molecule has 1 saturated heterocycles. The fourth-order valence-electron chi connectivity index (χ4n) is 2.45. The Morgan fingerprint density at radius 2 is 1.92 bits per heavy atom. The van der Waals surface area contributed by atoms with Crippen LogP contribution in [0.3, 0.4) is 0 Å². The first-order chi connectivity index (χ1) is 11.5. The Labute approximate surface area is 141 Å². The third kappa shape index (κ3) is 4.18. The Morgan fingerprint density at radius 1 is 1.21 bits per heavy atom. The Balaban J connectivity index is 1.62. The molecule has 0 N–H and O–H groups in total. The summed E-state index contributed by atoms with van der Waals surface area (Å²) in [6.07, 6.45) is 5.20. The first kappa shape index (κ1) is 16.6. The van der Waals surface area contributed by atoms with Crippen molar-refractivity contribution >= 4 is 16.1 Å². The fraction of sp³-hybridized carbons (Fsp3) is 0.294. The zero-order valence-corrected chi connectivity index (χ0v) is 14.2. The predicted octanol–water partition coefficient (Wildman–Crippen LogP) is 2.24. The molecule has 0 radical (unpaired) electrons. The molecule has 6 nitrogen and oxygen atoms in total. The van der Waals surface area contributed by atoms with Crippen LogP contribution >= 0.6 is 0 Å². The van der Waals surface area contributed by atoms with E-state index in [4.69, 9.17) is 4.74 Å². The Hall–Kier alpha value is -2.25. The van der Waals surface area contributed by atoms with Gasteiger partial charge in [-0.1, -0.05) is 29.8 Å². The van der Waals surface area contributed by atoms with E-state index in [2.05, 4.69) is 9.97 Å². The van der Waals surface area contributed by atoms with Crippen molar-refractivity contribution in [1.29, 1.82) is 0 Å². The molecule has 1 atom stereocenters. The number of hydrogen-bond acceptors (Lipinski definition) is 5. The average molecular weight is 345 g/mol. The van der Waals surface area contributed by atoms with Crippen LogP contribution in [0.5, 0.6) is 6.01 Å². The summed E-state index contributed by atoms with van der Waals surface area (Å²) in [5, 5.41) is 1.25. The van der Waals surface area contributed by atoms with Gasteiger partial charge in [0.25, 0.3) is 0 Å². The van der Waals surface area contributed by atoms with Crippen LogP contribution in [0.25, 0.3) is 6.08 Å². The van der Waals surface area contributed by atoms with E-state index in [0.717, 1.165) is 11.1 Å². The quantitative estimate of drug-likeness (QED) is 0.831. The molecule has 126 valence electrons. The van der Waals surface area contributed by atoms with Crippen molar-refractivity contribution < 1.29 is 13.2 Å². The lowest BCUT2D eigenvalue weighted by Gasteiger charge is -2.14. The number of ether oxygens (including phenoxy) is 1. The molecule has 1 fully saturated rings. The number of nitrogens with zero attached hydrogens (tertiary/aromatic N) is 3. The van der Waals surface area contributed by atoms with E-state index in [1.165, 1.54) is 9.71 Å². The monoisotopic (exact) mass is 345 g/mol. The van der Waals surface area contributed by atoms with E-state index in [0.29, 0.717) is 19.5 Å². The lowest BCUT2D eigenvalue weighted by Crippen LogP contribution is -2.29. The van der Waals surface area contributed by atoms with Gasteiger partial charge in [0, 0.05) is 24.3 Å². The number of aryl methyl sites for hydroxylation is 1. The molecule has 0 saturated carbocycles. The normalized spacial score (nSPS) is 19.0. The van der Waals surface area contributed by atoms with Crippen LogP contribution in [0.2, 0.25) is 0 Å². The molecule has 0 aliphatic carbocycles. The highest BCUT2D eigenvalue weighted by molar-refractivity contribution is 7.92. The highest BCUT2D eigenvalue weighted by Crippen LogP contribution is 2.19. The molecule has 1 aliphatic heterocycles. The fourth-order valence-corrected chi connectivity index (χ4v) is 3.68. The van der Waals surface area contributed by atoms with Crippen molar-refractivity contribution in [3.63, 3.8) is 0 Å². The van der Waals surface area contributed by atoms with E-state index in [-0.39, 0.29) is 12.1 Å². The molecule has 3 rings (SSSR count). The van der Waals surface area contributed by atoms with Crippen molar-refractivity contribution in [2.24, 2.45) is 0 Å². The lowest BCUT2D eigenvalue weighted by atomic mass is 10.2. The summed E-state index contributed by atoms with van der Waals surface area (Å²) in [5.74, 6) is 0. The molecule has 1 aromatic carbocycles. The maximum Gasteiger partial charge on any atom is 0.316 e. The summed E-state index contributed by atoms with van der Waals surface area (Å²) in [5.41, 5.74) is 1.99. The molecule has 2 aromatic rings. The number of hydrogen-bond donors (Lipinski definition) is 0. The molecule has 7 heteroatoms. The van der Waals surface area contributed by atoms with E-state index >= 15 is 0 Å². The van der Waals surface area contributed by atoms with Crippen LogP contribution in [0, 0.1) is 6.92 Å². The van der Waals surface area contributed by atoms with Crippen molar-refractivity contribution in [3.8, 4) is 6.01 Å². The molecule has 0 bridgehead atoms. The zero-order chi connectivity index (χ0) is 17.0. The van der Waals surface area contributed by atoms with Crippen molar-refractivity contribution in [3.05, 3.63) is 59.3 Å². The van der Waals surface area contributed by atoms with Gasteiger partial charge in [-0.25, -0.2) is 18.4 Å². The molecule has 24 heavy (non-hydrogen) atoms. The molecular formula is C17H19N3O3S. The van der Waals surface area contributed by atoms with E-state index < -0.39 is 10.0 Å². The van der Waals surface area contributed by atoms with Crippen LogP contribution in [0.15, 0.2) is 48.1 Å². The minimum Gasteiger partial charge on any atom is -0.459 e. The topological polar surface area (TPSA) is 72.4 Å². The molecule has 2 heterocycles. The van der Waals surface area contributed by atoms with Crippen LogP contribution in [0.4, 0.5) is 0 Å². The standard InChI is InChI=1S/C17H19N3O3S/c1-14-3-5-15(6-4-14)8-12-24(21,22)20-11-7-16(13-20)23-17-18-9-2-10-19-17/h2-6,8-10,12,16H,7,11,13H2,1H3. The van der Waals surface area contributed by atoms with Crippen molar-refractivity contribution in [2.45, 2.75) is 19.4 Å². The highest BCUT2D eigenvalue weighted by atomic mass is 32.2. The van der Waals surface area contributed by atoms with Gasteiger partial charge in [-0.15, -0.1) is 0 Å². The second kappa shape index (κ2) is 7.11. The van der Waals surface area contributed by atoms with Gasteiger partial charge in [0.15, 0.2) is 0 Å². The van der Waals surface area contributed by atoms with Crippen LogP contribution in [-0.2, 0) is 10.0 Å². The zero-order valence-electron chi connectivity index (χ0n) is 13.4. The molecule has 1 aliphatic rings. The highest BCUT2D eigenvalue weighted by Gasteiger charge is 2.31. The summed E-state index contributed by atoms with van der Waals surface area (Å²) in [4.78, 5) is 7.99. The van der Waals surface area contributed by atoms with Gasteiger partial charge in [0.1, 0.15) is 6.10 Å². The summed E-state index contributed by atoms with van der Waals surface area (Å²) in [6.45, 7) is 2.72. The number of aromatic nitrogens is 2. The van der Waals surface area contributed by atoms with Crippen LogP contribution < -0.4 is 4.74 Å². The van der Waals surface area contributed by atoms with Crippen LogP contribution in [0.1, 0.15) is 17.5 Å². The third-order valence-corrected chi connectivity index (χ3v) is 5.32.